The Kier molecular flexibility index (Phi) is 4.08. The lowest BCUT2D eigenvalue weighted by atomic mass is 9.92. The van der Waals surface area contributed by atoms with Crippen LogP contribution < -0.4 is 10.1 Å². The quantitative estimate of drug-likeness (QED) is 0.673. The van der Waals surface area contributed by atoms with Crippen molar-refractivity contribution in [2.75, 3.05) is 11.9 Å². The van der Waals surface area contributed by atoms with Gasteiger partial charge in [-0.15, -0.1) is 11.3 Å². The fourth-order valence-corrected chi connectivity index (χ4v) is 4.20. The predicted octanol–water partition coefficient (Wildman–Crippen LogP) is 5.11. The van der Waals surface area contributed by atoms with Gasteiger partial charge in [-0.05, 0) is 30.7 Å². The van der Waals surface area contributed by atoms with Crippen LogP contribution in [0.4, 0.5) is 5.69 Å². The molecule has 3 aromatic rings. The zero-order chi connectivity index (χ0) is 16.7. The highest BCUT2D eigenvalue weighted by Crippen LogP contribution is 2.37. The molecule has 1 aliphatic rings. The number of pyridine rings is 1. The number of anilines is 1. The number of ether oxygens (including phenoxy) is 1. The van der Waals surface area contributed by atoms with Crippen LogP contribution in [0.15, 0.2) is 36.7 Å². The summed E-state index contributed by atoms with van der Waals surface area (Å²) in [4.78, 5) is 17.0. The molecule has 4 rings (SSSR count). The van der Waals surface area contributed by atoms with Crippen LogP contribution in [0.25, 0.3) is 10.1 Å². The van der Waals surface area contributed by atoms with E-state index < -0.39 is 0 Å². The van der Waals surface area contributed by atoms with E-state index in [4.69, 9.17) is 27.9 Å². The molecule has 1 aliphatic heterocycles. The van der Waals surface area contributed by atoms with Crippen molar-refractivity contribution in [3.8, 4) is 5.75 Å². The molecule has 0 radical (unpaired) electrons. The number of aromatic nitrogens is 1. The molecule has 0 aliphatic carbocycles. The minimum atomic E-state index is -0.309. The van der Waals surface area contributed by atoms with Crippen LogP contribution in [0, 0.1) is 0 Å². The summed E-state index contributed by atoms with van der Waals surface area (Å²) < 4.78 is 7.22. The van der Waals surface area contributed by atoms with Gasteiger partial charge in [0.2, 0.25) is 5.91 Å². The van der Waals surface area contributed by atoms with Crippen molar-refractivity contribution in [3.05, 3.63) is 51.6 Å². The Morgan fingerprint density at radius 1 is 1.29 bits per heavy atom. The van der Waals surface area contributed by atoms with Gasteiger partial charge in [0.15, 0.2) is 0 Å². The van der Waals surface area contributed by atoms with Crippen LogP contribution in [0.1, 0.15) is 17.9 Å². The number of hydrogen-bond acceptors (Lipinski definition) is 4. The number of fused-ring (bicyclic) bond motifs is 2. The van der Waals surface area contributed by atoms with Crippen molar-refractivity contribution < 1.29 is 9.53 Å². The third-order valence-electron chi connectivity index (χ3n) is 4.00. The molecule has 122 valence electrons. The lowest BCUT2D eigenvalue weighted by Gasteiger charge is -2.25. The van der Waals surface area contributed by atoms with Gasteiger partial charge in [0.05, 0.1) is 33.4 Å². The van der Waals surface area contributed by atoms with Crippen molar-refractivity contribution in [1.29, 1.82) is 0 Å². The normalized spacial score (nSPS) is 16.5. The number of nitrogens with one attached hydrogen (secondary N) is 1. The largest absolute Gasteiger partial charge is 0.493 e. The maximum atomic E-state index is 12.8. The van der Waals surface area contributed by atoms with E-state index in [1.165, 1.54) is 11.3 Å². The lowest BCUT2D eigenvalue weighted by Crippen LogP contribution is -2.26. The molecule has 3 heterocycles. The second-order valence-electron chi connectivity index (χ2n) is 5.51. The van der Waals surface area contributed by atoms with E-state index in [-0.39, 0.29) is 11.8 Å². The molecule has 2 aromatic heterocycles. The van der Waals surface area contributed by atoms with E-state index in [2.05, 4.69) is 10.3 Å². The zero-order valence-corrected chi connectivity index (χ0v) is 14.7. The van der Waals surface area contributed by atoms with Gasteiger partial charge in [-0.2, -0.15) is 0 Å². The Balaban J connectivity index is 1.66. The molecule has 1 amide bonds. The molecule has 0 bridgehead atoms. The van der Waals surface area contributed by atoms with Gasteiger partial charge in [-0.3, -0.25) is 9.78 Å². The van der Waals surface area contributed by atoms with Crippen molar-refractivity contribution in [1.82, 2.24) is 4.98 Å². The third-order valence-corrected chi connectivity index (χ3v) is 5.44. The number of halogens is 2. The van der Waals surface area contributed by atoms with E-state index >= 15 is 0 Å². The highest BCUT2D eigenvalue weighted by Gasteiger charge is 2.28. The van der Waals surface area contributed by atoms with Gasteiger partial charge >= 0.3 is 0 Å². The van der Waals surface area contributed by atoms with Crippen LogP contribution in [0.5, 0.6) is 5.75 Å². The molecular formula is C17H12Cl2N2O2S. The molecule has 24 heavy (non-hydrogen) atoms. The van der Waals surface area contributed by atoms with E-state index in [1.807, 2.05) is 6.07 Å². The number of carbonyl (C=O) groups is 1. The van der Waals surface area contributed by atoms with E-state index in [1.54, 1.807) is 30.6 Å². The van der Waals surface area contributed by atoms with E-state index in [0.29, 0.717) is 33.8 Å². The monoisotopic (exact) mass is 378 g/mol. The summed E-state index contributed by atoms with van der Waals surface area (Å²) in [6.07, 6.45) is 3.99. The third kappa shape index (κ3) is 2.83. The first-order chi connectivity index (χ1) is 11.6. The summed E-state index contributed by atoms with van der Waals surface area (Å²) in [6.45, 7) is 0.499. The SMILES string of the molecule is O=C(Nc1cncc2sc(Cl)cc12)C1CCOc2ccc(Cl)cc21. The number of nitrogens with zero attached hydrogens (tertiary/aromatic N) is 1. The Morgan fingerprint density at radius 3 is 3.04 bits per heavy atom. The molecule has 0 fully saturated rings. The Morgan fingerprint density at radius 2 is 2.17 bits per heavy atom. The molecule has 0 spiro atoms. The van der Waals surface area contributed by atoms with Crippen molar-refractivity contribution in [2.45, 2.75) is 12.3 Å². The average molecular weight is 379 g/mol. The smallest absolute Gasteiger partial charge is 0.232 e. The minimum Gasteiger partial charge on any atom is -0.493 e. The number of benzene rings is 1. The molecule has 1 aromatic carbocycles. The molecule has 7 heteroatoms. The summed E-state index contributed by atoms with van der Waals surface area (Å²) in [5, 5.41) is 4.46. The van der Waals surface area contributed by atoms with Crippen LogP contribution in [0.2, 0.25) is 9.36 Å². The van der Waals surface area contributed by atoms with Crippen molar-refractivity contribution in [3.63, 3.8) is 0 Å². The zero-order valence-electron chi connectivity index (χ0n) is 12.4. The fraction of sp³-hybridized carbons (Fsp3) is 0.176. The maximum Gasteiger partial charge on any atom is 0.232 e. The number of rotatable bonds is 2. The minimum absolute atomic E-state index is 0.0987. The van der Waals surface area contributed by atoms with E-state index in [0.717, 1.165) is 15.6 Å². The van der Waals surface area contributed by atoms with Gasteiger partial charge in [-0.25, -0.2) is 0 Å². The second kappa shape index (κ2) is 6.24. The predicted molar refractivity (Wildman–Crippen MR) is 97.6 cm³/mol. The lowest BCUT2D eigenvalue weighted by molar-refractivity contribution is -0.118. The first-order valence-corrected chi connectivity index (χ1v) is 8.95. The summed E-state index contributed by atoms with van der Waals surface area (Å²) in [6, 6.07) is 7.20. The Hall–Kier alpha value is -1.82. The Bertz CT molecular complexity index is 941. The topological polar surface area (TPSA) is 51.2 Å². The summed E-state index contributed by atoms with van der Waals surface area (Å²) >= 11 is 13.6. The fourth-order valence-electron chi connectivity index (χ4n) is 2.89. The van der Waals surface area contributed by atoms with Crippen LogP contribution >= 0.6 is 34.5 Å². The molecule has 1 N–H and O–H groups in total. The number of thiophene rings is 1. The van der Waals surface area contributed by atoms with Crippen LogP contribution in [-0.2, 0) is 4.79 Å². The highest BCUT2D eigenvalue weighted by molar-refractivity contribution is 7.22. The molecule has 1 atom stereocenters. The molecule has 4 nitrogen and oxygen atoms in total. The molecule has 1 unspecified atom stereocenters. The number of hydrogen-bond donors (Lipinski definition) is 1. The van der Waals surface area contributed by atoms with Gasteiger partial charge in [0.25, 0.3) is 0 Å². The molecular weight excluding hydrogens is 367 g/mol. The van der Waals surface area contributed by atoms with Crippen molar-refractivity contribution in [2.24, 2.45) is 0 Å². The summed E-state index contributed by atoms with van der Waals surface area (Å²) in [7, 11) is 0. The number of amides is 1. The van der Waals surface area contributed by atoms with Gasteiger partial charge in [0, 0.05) is 22.2 Å². The number of carbonyl (C=O) groups excluding carboxylic acids is 1. The average Bonchev–Trinajstić information content (AvgIpc) is 2.95. The van der Waals surface area contributed by atoms with E-state index in [9.17, 15) is 4.79 Å². The first kappa shape index (κ1) is 15.7. The van der Waals surface area contributed by atoms with Crippen LogP contribution in [0.3, 0.4) is 0 Å². The molecule has 0 saturated heterocycles. The van der Waals surface area contributed by atoms with Gasteiger partial charge < -0.3 is 10.1 Å². The van der Waals surface area contributed by atoms with Crippen LogP contribution in [-0.4, -0.2) is 17.5 Å². The standard InChI is InChI=1S/C17H12Cl2N2O2S/c18-9-1-2-14-11(5-9)10(3-4-23-14)17(22)21-13-7-20-8-15-12(13)6-16(19)24-15/h1-2,5-8,10H,3-4H2,(H,21,22). The first-order valence-electron chi connectivity index (χ1n) is 7.38. The van der Waals surface area contributed by atoms with Crippen molar-refractivity contribution >= 4 is 56.2 Å². The van der Waals surface area contributed by atoms with Gasteiger partial charge in [-0.1, -0.05) is 23.2 Å². The Labute approximate surface area is 152 Å². The second-order valence-corrected chi connectivity index (χ2v) is 7.66. The summed E-state index contributed by atoms with van der Waals surface area (Å²) in [5.74, 6) is 0.302. The summed E-state index contributed by atoms with van der Waals surface area (Å²) in [5.41, 5.74) is 1.48. The maximum absolute atomic E-state index is 12.8. The van der Waals surface area contributed by atoms with Gasteiger partial charge in [0.1, 0.15) is 5.75 Å². The highest BCUT2D eigenvalue weighted by atomic mass is 35.5. The molecule has 0 saturated carbocycles.